The van der Waals surface area contributed by atoms with Gasteiger partial charge in [-0.25, -0.2) is 9.97 Å². The van der Waals surface area contributed by atoms with Crippen LogP contribution in [0, 0.1) is 0 Å². The molecule has 1 aliphatic heterocycles. The fourth-order valence-electron chi connectivity index (χ4n) is 3.44. The third-order valence-electron chi connectivity index (χ3n) is 4.88. The van der Waals surface area contributed by atoms with Gasteiger partial charge in [-0.1, -0.05) is 6.07 Å². The molecule has 0 unspecified atom stereocenters. The number of ether oxygens (including phenoxy) is 1. The summed E-state index contributed by atoms with van der Waals surface area (Å²) in [6.45, 7) is 2.96. The highest BCUT2D eigenvalue weighted by Gasteiger charge is 2.21. The summed E-state index contributed by atoms with van der Waals surface area (Å²) in [5, 5.41) is 1.16. The molecule has 0 atom stereocenters. The van der Waals surface area contributed by atoms with Crippen LogP contribution in [-0.2, 0) is 6.54 Å². The zero-order chi connectivity index (χ0) is 17.9. The molecule has 6 nitrogen and oxygen atoms in total. The van der Waals surface area contributed by atoms with Gasteiger partial charge in [-0.3, -0.25) is 4.90 Å². The first kappa shape index (κ1) is 16.8. The Morgan fingerprint density at radius 1 is 1.15 bits per heavy atom. The van der Waals surface area contributed by atoms with Crippen LogP contribution in [0.25, 0.3) is 10.9 Å². The average Bonchev–Trinajstić information content (AvgIpc) is 3.14. The van der Waals surface area contributed by atoms with Gasteiger partial charge in [0.15, 0.2) is 0 Å². The molecule has 0 spiro atoms. The highest BCUT2D eigenvalue weighted by atomic mass is 16.5. The van der Waals surface area contributed by atoms with Gasteiger partial charge in [0.2, 0.25) is 5.95 Å². The SMILES string of the molecule is CN(C)c1ncc(CN2CCC(Oc3cccc4[nH]ccc34)CC2)cn1. The molecule has 1 N–H and O–H groups in total. The van der Waals surface area contributed by atoms with Crippen molar-refractivity contribution in [3.63, 3.8) is 0 Å². The standard InChI is InChI=1S/C20H25N5O/c1-24(2)20-22-12-15(13-23-20)14-25-10-7-16(8-11-25)26-19-5-3-4-18-17(19)6-9-21-18/h3-6,9,12-13,16,21H,7-8,10-11,14H2,1-2H3. The minimum Gasteiger partial charge on any atom is -0.490 e. The number of rotatable bonds is 5. The summed E-state index contributed by atoms with van der Waals surface area (Å²) in [5.41, 5.74) is 2.29. The van der Waals surface area contributed by atoms with Crippen LogP contribution in [0.4, 0.5) is 5.95 Å². The van der Waals surface area contributed by atoms with E-state index in [1.165, 1.54) is 0 Å². The monoisotopic (exact) mass is 351 g/mol. The summed E-state index contributed by atoms with van der Waals surface area (Å²) in [7, 11) is 3.90. The Hall–Kier alpha value is -2.60. The molecule has 0 aliphatic carbocycles. The lowest BCUT2D eigenvalue weighted by Crippen LogP contribution is -2.37. The van der Waals surface area contributed by atoms with Crippen molar-refractivity contribution in [2.24, 2.45) is 0 Å². The summed E-state index contributed by atoms with van der Waals surface area (Å²) in [6.07, 6.45) is 8.17. The first-order chi connectivity index (χ1) is 12.7. The molecule has 0 bridgehead atoms. The van der Waals surface area contributed by atoms with Crippen molar-refractivity contribution in [2.45, 2.75) is 25.5 Å². The second kappa shape index (κ2) is 7.33. The first-order valence-electron chi connectivity index (χ1n) is 9.12. The van der Waals surface area contributed by atoms with Gasteiger partial charge >= 0.3 is 0 Å². The number of aromatic nitrogens is 3. The zero-order valence-corrected chi connectivity index (χ0v) is 15.4. The summed E-state index contributed by atoms with van der Waals surface area (Å²) < 4.78 is 6.29. The molecule has 0 radical (unpaired) electrons. The van der Waals surface area contributed by atoms with Gasteiger partial charge in [0.05, 0.1) is 0 Å². The number of hydrogen-bond donors (Lipinski definition) is 1. The van der Waals surface area contributed by atoms with Crippen molar-refractivity contribution >= 4 is 16.9 Å². The number of piperidine rings is 1. The third-order valence-corrected chi connectivity index (χ3v) is 4.88. The number of aromatic amines is 1. The van der Waals surface area contributed by atoms with E-state index in [1.54, 1.807) is 0 Å². The molecule has 26 heavy (non-hydrogen) atoms. The summed E-state index contributed by atoms with van der Waals surface area (Å²) in [5.74, 6) is 1.73. The van der Waals surface area contributed by atoms with E-state index < -0.39 is 0 Å². The predicted molar refractivity (Wildman–Crippen MR) is 104 cm³/mol. The Labute approximate surface area is 153 Å². The average molecular weight is 351 g/mol. The first-order valence-corrected chi connectivity index (χ1v) is 9.12. The smallest absolute Gasteiger partial charge is 0.224 e. The Kier molecular flexibility index (Phi) is 4.75. The van der Waals surface area contributed by atoms with Crippen LogP contribution in [0.5, 0.6) is 5.75 Å². The molecule has 1 aliphatic rings. The maximum absolute atomic E-state index is 6.29. The van der Waals surface area contributed by atoms with Gasteiger partial charge in [-0.05, 0) is 31.0 Å². The number of likely N-dealkylation sites (tertiary alicyclic amines) is 1. The van der Waals surface area contributed by atoms with Crippen molar-refractivity contribution in [1.82, 2.24) is 19.9 Å². The van der Waals surface area contributed by atoms with Crippen LogP contribution in [0.15, 0.2) is 42.9 Å². The molecule has 6 heteroatoms. The van der Waals surface area contributed by atoms with Crippen LogP contribution in [0.3, 0.4) is 0 Å². The van der Waals surface area contributed by atoms with Crippen LogP contribution in [0.1, 0.15) is 18.4 Å². The van der Waals surface area contributed by atoms with E-state index in [0.29, 0.717) is 0 Å². The highest BCUT2D eigenvalue weighted by Crippen LogP contribution is 2.27. The maximum Gasteiger partial charge on any atom is 0.224 e. The molecule has 1 saturated heterocycles. The minimum absolute atomic E-state index is 0.277. The van der Waals surface area contributed by atoms with E-state index in [0.717, 1.165) is 60.6 Å². The Morgan fingerprint density at radius 3 is 2.65 bits per heavy atom. The lowest BCUT2D eigenvalue weighted by molar-refractivity contribution is 0.0979. The van der Waals surface area contributed by atoms with Gasteiger partial charge in [-0.15, -0.1) is 0 Å². The van der Waals surface area contributed by atoms with Crippen LogP contribution in [0.2, 0.25) is 0 Å². The maximum atomic E-state index is 6.29. The van der Waals surface area contributed by atoms with E-state index >= 15 is 0 Å². The van der Waals surface area contributed by atoms with Crippen molar-refractivity contribution in [2.75, 3.05) is 32.1 Å². The second-order valence-electron chi connectivity index (χ2n) is 7.07. The van der Waals surface area contributed by atoms with Crippen molar-refractivity contribution < 1.29 is 4.74 Å². The van der Waals surface area contributed by atoms with E-state index in [2.05, 4.69) is 38.1 Å². The fourth-order valence-corrected chi connectivity index (χ4v) is 3.44. The molecular formula is C20H25N5O. The Morgan fingerprint density at radius 2 is 1.92 bits per heavy atom. The molecular weight excluding hydrogens is 326 g/mol. The zero-order valence-electron chi connectivity index (χ0n) is 15.4. The highest BCUT2D eigenvalue weighted by molar-refractivity contribution is 5.85. The van der Waals surface area contributed by atoms with Crippen molar-refractivity contribution in [3.05, 3.63) is 48.4 Å². The van der Waals surface area contributed by atoms with Crippen LogP contribution < -0.4 is 9.64 Å². The molecule has 0 amide bonds. The number of nitrogens with one attached hydrogen (secondary N) is 1. The summed E-state index contributed by atoms with van der Waals surface area (Å²) >= 11 is 0. The van der Waals surface area contributed by atoms with E-state index in [4.69, 9.17) is 4.74 Å². The van der Waals surface area contributed by atoms with Crippen molar-refractivity contribution in [3.8, 4) is 5.75 Å². The van der Waals surface area contributed by atoms with E-state index in [-0.39, 0.29) is 6.10 Å². The number of fused-ring (bicyclic) bond motifs is 1. The number of hydrogen-bond acceptors (Lipinski definition) is 5. The predicted octanol–water partition coefficient (Wildman–Crippen LogP) is 3.07. The van der Waals surface area contributed by atoms with Crippen molar-refractivity contribution in [1.29, 1.82) is 0 Å². The molecule has 136 valence electrons. The third kappa shape index (κ3) is 3.65. The Bertz CT molecular complexity index is 850. The van der Waals surface area contributed by atoms with Gasteiger partial charge in [-0.2, -0.15) is 0 Å². The summed E-state index contributed by atoms with van der Waals surface area (Å²) in [6, 6.07) is 8.26. The number of anilines is 1. The normalized spacial score (nSPS) is 16.1. The number of H-pyrrole nitrogens is 1. The summed E-state index contributed by atoms with van der Waals surface area (Å²) in [4.78, 5) is 16.4. The molecule has 4 rings (SSSR count). The van der Waals surface area contributed by atoms with Crippen LogP contribution >= 0.6 is 0 Å². The van der Waals surface area contributed by atoms with Crippen LogP contribution in [-0.4, -0.2) is 53.1 Å². The van der Waals surface area contributed by atoms with E-state index in [9.17, 15) is 0 Å². The molecule has 1 fully saturated rings. The topological polar surface area (TPSA) is 57.3 Å². The molecule has 3 heterocycles. The van der Waals surface area contributed by atoms with Gasteiger partial charge in [0.25, 0.3) is 0 Å². The lowest BCUT2D eigenvalue weighted by atomic mass is 10.1. The number of benzene rings is 1. The molecule has 1 aromatic carbocycles. The number of nitrogens with zero attached hydrogens (tertiary/aromatic N) is 4. The van der Waals surface area contributed by atoms with Gasteiger partial charge in [0, 0.05) is 68.8 Å². The molecule has 2 aromatic heterocycles. The van der Waals surface area contributed by atoms with Gasteiger partial charge in [0.1, 0.15) is 11.9 Å². The molecule has 3 aromatic rings. The fraction of sp³-hybridized carbons (Fsp3) is 0.400. The Balaban J connectivity index is 1.32. The lowest BCUT2D eigenvalue weighted by Gasteiger charge is -2.32. The minimum atomic E-state index is 0.277. The largest absolute Gasteiger partial charge is 0.490 e. The quantitative estimate of drug-likeness (QED) is 0.766. The second-order valence-corrected chi connectivity index (χ2v) is 7.07. The van der Waals surface area contributed by atoms with E-state index in [1.807, 2.05) is 43.7 Å². The van der Waals surface area contributed by atoms with Gasteiger partial charge < -0.3 is 14.6 Å². The molecule has 0 saturated carbocycles.